The van der Waals surface area contributed by atoms with Crippen molar-refractivity contribution in [3.05, 3.63) is 59.2 Å². The summed E-state index contributed by atoms with van der Waals surface area (Å²) in [5, 5.41) is 0. The summed E-state index contributed by atoms with van der Waals surface area (Å²) < 4.78 is 32.8. The number of benzene rings is 2. The molecule has 1 N–H and O–H groups in total. The van der Waals surface area contributed by atoms with Gasteiger partial charge in [0.2, 0.25) is 10.0 Å². The third-order valence-electron chi connectivity index (χ3n) is 3.25. The van der Waals surface area contributed by atoms with Crippen LogP contribution in [0.25, 0.3) is 0 Å². The van der Waals surface area contributed by atoms with Crippen molar-refractivity contribution in [3.8, 4) is 5.75 Å². The summed E-state index contributed by atoms with van der Waals surface area (Å²) in [5.41, 5.74) is 2.27. The van der Waals surface area contributed by atoms with Crippen molar-refractivity contribution in [2.24, 2.45) is 0 Å². The lowest BCUT2D eigenvalue weighted by molar-refractivity contribution is 0.413. The number of nitrogens with one attached hydrogen (secondary N) is 1. The van der Waals surface area contributed by atoms with Crippen LogP contribution in [0.1, 0.15) is 16.7 Å². The van der Waals surface area contributed by atoms with Crippen LogP contribution in [0.15, 0.2) is 47.4 Å². The largest absolute Gasteiger partial charge is 0.497 e. The number of hydrogen-bond acceptors (Lipinski definition) is 3. The van der Waals surface area contributed by atoms with Gasteiger partial charge in [0.25, 0.3) is 0 Å². The summed E-state index contributed by atoms with van der Waals surface area (Å²) in [6.07, 6.45) is 0. The van der Waals surface area contributed by atoms with Crippen LogP contribution in [-0.4, -0.2) is 15.5 Å². The maximum atomic E-state index is 12.5. The second-order valence-electron chi connectivity index (χ2n) is 4.90. The van der Waals surface area contributed by atoms with E-state index in [1.54, 1.807) is 33.1 Å². The van der Waals surface area contributed by atoms with Crippen LogP contribution in [0.2, 0.25) is 0 Å². The van der Waals surface area contributed by atoms with E-state index < -0.39 is 10.0 Å². The van der Waals surface area contributed by atoms with Crippen LogP contribution in [0, 0.1) is 13.8 Å². The first-order valence-electron chi connectivity index (χ1n) is 6.63. The summed E-state index contributed by atoms with van der Waals surface area (Å²) >= 11 is 0. The van der Waals surface area contributed by atoms with Crippen LogP contribution in [-0.2, 0) is 16.6 Å². The zero-order valence-electron chi connectivity index (χ0n) is 12.4. The Hall–Kier alpha value is -1.85. The molecular weight excluding hydrogens is 286 g/mol. The Morgan fingerprint density at radius 3 is 2.14 bits per heavy atom. The van der Waals surface area contributed by atoms with Gasteiger partial charge in [-0.3, -0.25) is 0 Å². The van der Waals surface area contributed by atoms with E-state index >= 15 is 0 Å². The lowest BCUT2D eigenvalue weighted by Gasteiger charge is -2.13. The molecule has 0 aliphatic heterocycles. The van der Waals surface area contributed by atoms with E-state index in [0.29, 0.717) is 21.8 Å². The first kappa shape index (κ1) is 15.5. The fraction of sp³-hybridized carbons (Fsp3) is 0.250. The number of sulfonamides is 1. The molecule has 0 aliphatic rings. The Balaban J connectivity index is 2.28. The van der Waals surface area contributed by atoms with Gasteiger partial charge in [0, 0.05) is 6.54 Å². The van der Waals surface area contributed by atoms with E-state index in [-0.39, 0.29) is 6.54 Å². The number of aryl methyl sites for hydroxylation is 2. The van der Waals surface area contributed by atoms with E-state index in [1.807, 2.05) is 30.3 Å². The molecule has 0 aliphatic carbocycles. The van der Waals surface area contributed by atoms with Crippen molar-refractivity contribution in [1.29, 1.82) is 0 Å². The summed E-state index contributed by atoms with van der Waals surface area (Å²) in [6.45, 7) is 3.81. The normalized spacial score (nSPS) is 11.4. The fourth-order valence-electron chi connectivity index (χ4n) is 2.30. The van der Waals surface area contributed by atoms with Gasteiger partial charge in [-0.15, -0.1) is 0 Å². The molecule has 0 saturated carbocycles. The molecule has 112 valence electrons. The van der Waals surface area contributed by atoms with Gasteiger partial charge in [0.1, 0.15) is 5.75 Å². The second-order valence-corrected chi connectivity index (χ2v) is 6.60. The minimum Gasteiger partial charge on any atom is -0.497 e. The molecule has 0 heterocycles. The average molecular weight is 305 g/mol. The molecule has 2 rings (SSSR count). The first-order valence-corrected chi connectivity index (χ1v) is 8.11. The lowest BCUT2D eigenvalue weighted by Crippen LogP contribution is -2.24. The smallest absolute Gasteiger partial charge is 0.241 e. The van der Waals surface area contributed by atoms with Gasteiger partial charge in [-0.25, -0.2) is 13.1 Å². The Kier molecular flexibility index (Phi) is 4.65. The minimum absolute atomic E-state index is 0.272. The van der Waals surface area contributed by atoms with Gasteiger partial charge in [-0.2, -0.15) is 0 Å². The van der Waals surface area contributed by atoms with Crippen LogP contribution in [0.4, 0.5) is 0 Å². The Labute approximate surface area is 125 Å². The molecule has 0 spiro atoms. The topological polar surface area (TPSA) is 55.4 Å². The SMILES string of the molecule is COc1cc(C)c(S(=O)(=O)NCc2ccccc2)c(C)c1. The van der Waals surface area contributed by atoms with Gasteiger partial charge in [-0.05, 0) is 42.7 Å². The van der Waals surface area contributed by atoms with E-state index in [0.717, 1.165) is 5.56 Å². The van der Waals surface area contributed by atoms with E-state index in [1.165, 1.54) is 0 Å². The highest BCUT2D eigenvalue weighted by atomic mass is 32.2. The van der Waals surface area contributed by atoms with Crippen molar-refractivity contribution >= 4 is 10.0 Å². The average Bonchev–Trinajstić information content (AvgIpc) is 2.45. The van der Waals surface area contributed by atoms with Gasteiger partial charge in [0.05, 0.1) is 12.0 Å². The molecule has 0 atom stereocenters. The summed E-state index contributed by atoms with van der Waals surface area (Å²) in [7, 11) is -1.98. The molecule has 4 nitrogen and oxygen atoms in total. The monoisotopic (exact) mass is 305 g/mol. The summed E-state index contributed by atoms with van der Waals surface area (Å²) in [4.78, 5) is 0.319. The Morgan fingerprint density at radius 2 is 1.62 bits per heavy atom. The Morgan fingerprint density at radius 1 is 1.05 bits per heavy atom. The van der Waals surface area contributed by atoms with E-state index in [4.69, 9.17) is 4.74 Å². The van der Waals surface area contributed by atoms with Crippen LogP contribution in [0.3, 0.4) is 0 Å². The number of hydrogen-bond donors (Lipinski definition) is 1. The third-order valence-corrected chi connectivity index (χ3v) is 4.95. The van der Waals surface area contributed by atoms with Crippen LogP contribution in [0.5, 0.6) is 5.75 Å². The van der Waals surface area contributed by atoms with Crippen molar-refractivity contribution in [3.63, 3.8) is 0 Å². The van der Waals surface area contributed by atoms with Gasteiger partial charge in [-0.1, -0.05) is 30.3 Å². The highest BCUT2D eigenvalue weighted by Crippen LogP contribution is 2.25. The zero-order chi connectivity index (χ0) is 15.5. The summed E-state index contributed by atoms with van der Waals surface area (Å²) in [5.74, 6) is 0.659. The van der Waals surface area contributed by atoms with Crippen molar-refractivity contribution < 1.29 is 13.2 Å². The molecule has 0 radical (unpaired) electrons. The van der Waals surface area contributed by atoms with Gasteiger partial charge < -0.3 is 4.74 Å². The molecule has 0 amide bonds. The van der Waals surface area contributed by atoms with E-state index in [2.05, 4.69) is 4.72 Å². The molecular formula is C16H19NO3S. The maximum Gasteiger partial charge on any atom is 0.241 e. The quantitative estimate of drug-likeness (QED) is 0.924. The van der Waals surface area contributed by atoms with Crippen molar-refractivity contribution in [1.82, 2.24) is 4.72 Å². The molecule has 0 bridgehead atoms. The number of methoxy groups -OCH3 is 1. The zero-order valence-corrected chi connectivity index (χ0v) is 13.2. The number of rotatable bonds is 5. The molecule has 0 saturated heterocycles. The molecule has 2 aromatic carbocycles. The molecule has 21 heavy (non-hydrogen) atoms. The third kappa shape index (κ3) is 3.62. The summed E-state index contributed by atoms with van der Waals surface area (Å²) in [6, 6.07) is 12.9. The second kappa shape index (κ2) is 6.28. The predicted molar refractivity (Wildman–Crippen MR) is 82.9 cm³/mol. The van der Waals surface area contributed by atoms with Crippen molar-refractivity contribution in [2.75, 3.05) is 7.11 Å². The van der Waals surface area contributed by atoms with Gasteiger partial charge in [0.15, 0.2) is 0 Å². The van der Waals surface area contributed by atoms with Gasteiger partial charge >= 0.3 is 0 Å². The Bertz CT molecular complexity index is 701. The number of ether oxygens (including phenoxy) is 1. The van der Waals surface area contributed by atoms with Crippen LogP contribution < -0.4 is 9.46 Å². The molecule has 2 aromatic rings. The highest BCUT2D eigenvalue weighted by molar-refractivity contribution is 7.89. The molecule has 0 fully saturated rings. The fourth-order valence-corrected chi connectivity index (χ4v) is 3.77. The van der Waals surface area contributed by atoms with E-state index in [9.17, 15) is 8.42 Å². The molecule has 5 heteroatoms. The first-order chi connectivity index (χ1) is 9.94. The minimum atomic E-state index is -3.55. The molecule has 0 aromatic heterocycles. The lowest BCUT2D eigenvalue weighted by atomic mass is 10.1. The van der Waals surface area contributed by atoms with Crippen molar-refractivity contribution in [2.45, 2.75) is 25.3 Å². The van der Waals surface area contributed by atoms with Crippen LogP contribution >= 0.6 is 0 Å². The highest BCUT2D eigenvalue weighted by Gasteiger charge is 2.20. The molecule has 0 unspecified atom stereocenters. The maximum absolute atomic E-state index is 12.5. The standard InChI is InChI=1S/C16H19NO3S/c1-12-9-15(20-3)10-13(2)16(12)21(18,19)17-11-14-7-5-4-6-8-14/h4-10,17H,11H2,1-3H3. The predicted octanol–water partition coefficient (Wildman–Crippen LogP) is 2.79.